The molecule has 5 nitrogen and oxygen atoms in total. The third-order valence-corrected chi connectivity index (χ3v) is 6.57. The molecule has 0 bridgehead atoms. The van der Waals surface area contributed by atoms with Gasteiger partial charge in [0, 0.05) is 15.1 Å². The molecule has 3 heterocycles. The summed E-state index contributed by atoms with van der Waals surface area (Å²) in [7, 11) is 0. The fraction of sp³-hybridized carbons (Fsp3) is 0.312. The molecule has 0 spiro atoms. The summed E-state index contributed by atoms with van der Waals surface area (Å²) in [6.07, 6.45) is 4.23. The van der Waals surface area contributed by atoms with Crippen molar-refractivity contribution in [3.05, 3.63) is 47.5 Å². The summed E-state index contributed by atoms with van der Waals surface area (Å²) in [5.41, 5.74) is 4.17. The lowest BCUT2D eigenvalue weighted by molar-refractivity contribution is 0.101. The van der Waals surface area contributed by atoms with E-state index < -0.39 is 0 Å². The first-order valence-electron chi connectivity index (χ1n) is 7.70. The molecule has 3 aromatic heterocycles. The molecule has 1 aliphatic carbocycles. The zero-order chi connectivity index (χ0) is 16.8. The molecule has 0 saturated heterocycles. The van der Waals surface area contributed by atoms with Crippen LogP contribution in [0.1, 0.15) is 38.5 Å². The standard InChI is InChI=1S/C16H15N3O2S3/c1-8-6-10-14(24-8)17-16(22)19(15(10)21)18-13(20)11-7-23-12-5-3-2-4-9(11)12/h6-7H,2-5H2,1H3,(H,17,22)(H,18,20). The highest BCUT2D eigenvalue weighted by atomic mass is 32.1. The summed E-state index contributed by atoms with van der Waals surface area (Å²) in [5, 5.41) is 2.43. The van der Waals surface area contributed by atoms with Gasteiger partial charge in [-0.25, -0.2) is 0 Å². The molecule has 0 aromatic carbocycles. The van der Waals surface area contributed by atoms with Gasteiger partial charge in [0.1, 0.15) is 4.83 Å². The van der Waals surface area contributed by atoms with E-state index in [0.29, 0.717) is 10.9 Å². The number of amides is 1. The van der Waals surface area contributed by atoms with Crippen LogP contribution in [0.3, 0.4) is 0 Å². The molecule has 0 fully saturated rings. The first-order chi connectivity index (χ1) is 11.5. The number of aromatic nitrogens is 2. The minimum Gasteiger partial charge on any atom is -0.322 e. The average molecular weight is 378 g/mol. The van der Waals surface area contributed by atoms with Crippen LogP contribution in [-0.4, -0.2) is 15.6 Å². The van der Waals surface area contributed by atoms with E-state index >= 15 is 0 Å². The van der Waals surface area contributed by atoms with Crippen molar-refractivity contribution >= 4 is 51.0 Å². The van der Waals surface area contributed by atoms with Crippen molar-refractivity contribution in [1.82, 2.24) is 9.66 Å². The maximum Gasteiger partial charge on any atom is 0.282 e. The van der Waals surface area contributed by atoms with Gasteiger partial charge in [0.2, 0.25) is 4.77 Å². The van der Waals surface area contributed by atoms with Gasteiger partial charge in [-0.15, -0.1) is 22.7 Å². The Morgan fingerprint density at radius 1 is 1.38 bits per heavy atom. The summed E-state index contributed by atoms with van der Waals surface area (Å²) in [6.45, 7) is 1.93. The maximum atomic E-state index is 12.7. The number of rotatable bonds is 2. The normalized spacial score (nSPS) is 13.9. The quantitative estimate of drug-likeness (QED) is 0.669. The van der Waals surface area contributed by atoms with Crippen LogP contribution in [-0.2, 0) is 12.8 Å². The Morgan fingerprint density at radius 3 is 3.00 bits per heavy atom. The van der Waals surface area contributed by atoms with Gasteiger partial charge in [-0.3, -0.25) is 15.0 Å². The van der Waals surface area contributed by atoms with Crippen LogP contribution in [0.15, 0.2) is 16.2 Å². The zero-order valence-corrected chi connectivity index (χ0v) is 15.4. The smallest absolute Gasteiger partial charge is 0.282 e. The van der Waals surface area contributed by atoms with Gasteiger partial charge in [0.25, 0.3) is 11.5 Å². The molecule has 1 aliphatic rings. The second-order valence-electron chi connectivity index (χ2n) is 5.87. The Balaban J connectivity index is 1.74. The monoisotopic (exact) mass is 377 g/mol. The Bertz CT molecular complexity index is 1070. The predicted molar refractivity (Wildman–Crippen MR) is 101 cm³/mol. The van der Waals surface area contributed by atoms with E-state index in [9.17, 15) is 9.59 Å². The maximum absolute atomic E-state index is 12.7. The van der Waals surface area contributed by atoms with Gasteiger partial charge in [-0.1, -0.05) is 0 Å². The number of hydrogen-bond donors (Lipinski definition) is 2. The van der Waals surface area contributed by atoms with Gasteiger partial charge in [-0.2, -0.15) is 4.68 Å². The number of aryl methyl sites for hydroxylation is 2. The number of fused-ring (bicyclic) bond motifs is 2. The van der Waals surface area contributed by atoms with Gasteiger partial charge in [0.15, 0.2) is 0 Å². The van der Waals surface area contributed by atoms with Crippen molar-refractivity contribution in [2.75, 3.05) is 5.43 Å². The van der Waals surface area contributed by atoms with Gasteiger partial charge in [-0.05, 0) is 56.5 Å². The van der Waals surface area contributed by atoms with E-state index in [1.54, 1.807) is 11.3 Å². The largest absolute Gasteiger partial charge is 0.322 e. The molecular weight excluding hydrogens is 362 g/mol. The van der Waals surface area contributed by atoms with E-state index in [1.807, 2.05) is 18.4 Å². The van der Waals surface area contributed by atoms with Crippen LogP contribution in [0.4, 0.5) is 0 Å². The van der Waals surface area contributed by atoms with E-state index in [2.05, 4.69) is 10.4 Å². The molecule has 3 aromatic rings. The van der Waals surface area contributed by atoms with Crippen molar-refractivity contribution in [1.29, 1.82) is 0 Å². The SMILES string of the molecule is Cc1cc2c(=O)n(NC(=O)c3csc4c3CCCC4)c(=S)[nH]c2s1. The number of carbonyl (C=O) groups excluding carboxylic acids is 1. The minimum atomic E-state index is -0.296. The van der Waals surface area contributed by atoms with Gasteiger partial charge in [0.05, 0.1) is 10.9 Å². The number of nitrogens with zero attached hydrogens (tertiary/aromatic N) is 1. The Labute approximate surface area is 150 Å². The highest BCUT2D eigenvalue weighted by Crippen LogP contribution is 2.30. The molecule has 24 heavy (non-hydrogen) atoms. The van der Waals surface area contributed by atoms with Crippen molar-refractivity contribution in [2.24, 2.45) is 0 Å². The summed E-state index contributed by atoms with van der Waals surface area (Å²) >= 11 is 8.35. The molecule has 4 rings (SSSR count). The van der Waals surface area contributed by atoms with Crippen molar-refractivity contribution in [2.45, 2.75) is 32.6 Å². The lowest BCUT2D eigenvalue weighted by atomic mass is 9.96. The lowest BCUT2D eigenvalue weighted by Gasteiger charge is -2.13. The topological polar surface area (TPSA) is 66.9 Å². The number of hydrogen-bond acceptors (Lipinski definition) is 5. The molecular formula is C16H15N3O2S3. The minimum absolute atomic E-state index is 0.201. The van der Waals surface area contributed by atoms with E-state index in [4.69, 9.17) is 12.2 Å². The van der Waals surface area contributed by atoms with Crippen LogP contribution >= 0.6 is 34.9 Å². The van der Waals surface area contributed by atoms with Gasteiger partial charge >= 0.3 is 0 Å². The van der Waals surface area contributed by atoms with Crippen molar-refractivity contribution in [3.8, 4) is 0 Å². The van der Waals surface area contributed by atoms with Crippen molar-refractivity contribution in [3.63, 3.8) is 0 Å². The molecule has 0 aliphatic heterocycles. The fourth-order valence-corrected chi connectivity index (χ4v) is 5.40. The molecule has 0 unspecified atom stereocenters. The van der Waals surface area contributed by atoms with Crippen molar-refractivity contribution < 1.29 is 4.79 Å². The zero-order valence-electron chi connectivity index (χ0n) is 13.0. The molecule has 124 valence electrons. The second-order valence-corrected chi connectivity index (χ2v) is 8.48. The number of carbonyl (C=O) groups is 1. The number of thiophene rings is 2. The lowest BCUT2D eigenvalue weighted by Crippen LogP contribution is -2.34. The molecule has 0 saturated carbocycles. The van der Waals surface area contributed by atoms with Crippen LogP contribution in [0.2, 0.25) is 0 Å². The van der Waals surface area contributed by atoms with Crippen LogP contribution in [0, 0.1) is 11.7 Å². The van der Waals surface area contributed by atoms with Crippen LogP contribution in [0.25, 0.3) is 10.2 Å². The van der Waals surface area contributed by atoms with Crippen LogP contribution < -0.4 is 11.0 Å². The third kappa shape index (κ3) is 2.54. The first-order valence-corrected chi connectivity index (χ1v) is 9.81. The number of H-pyrrole nitrogens is 1. The number of nitrogens with one attached hydrogen (secondary N) is 2. The summed E-state index contributed by atoms with van der Waals surface area (Å²) in [4.78, 5) is 31.4. The molecule has 2 N–H and O–H groups in total. The Kier molecular flexibility index (Phi) is 3.90. The van der Waals surface area contributed by atoms with E-state index in [0.717, 1.165) is 39.2 Å². The van der Waals surface area contributed by atoms with Crippen LogP contribution in [0.5, 0.6) is 0 Å². The highest BCUT2D eigenvalue weighted by Gasteiger charge is 2.21. The predicted octanol–water partition coefficient (Wildman–Crippen LogP) is 3.75. The van der Waals surface area contributed by atoms with E-state index in [1.165, 1.54) is 22.6 Å². The first kappa shape index (κ1) is 15.7. The van der Waals surface area contributed by atoms with Gasteiger partial charge < -0.3 is 4.98 Å². The Hall–Kier alpha value is -1.77. The number of aromatic amines is 1. The summed E-state index contributed by atoms with van der Waals surface area (Å²) < 4.78 is 1.34. The molecule has 0 atom stereocenters. The fourth-order valence-electron chi connectivity index (χ4n) is 3.08. The molecule has 8 heteroatoms. The second kappa shape index (κ2) is 5.94. The molecule has 0 radical (unpaired) electrons. The Morgan fingerprint density at radius 2 is 2.17 bits per heavy atom. The average Bonchev–Trinajstić information content (AvgIpc) is 3.14. The summed E-state index contributed by atoms with van der Waals surface area (Å²) in [5.74, 6) is -0.276. The highest BCUT2D eigenvalue weighted by molar-refractivity contribution is 7.71. The van der Waals surface area contributed by atoms with E-state index in [-0.39, 0.29) is 16.2 Å². The summed E-state index contributed by atoms with van der Waals surface area (Å²) in [6, 6.07) is 1.81. The molecule has 1 amide bonds. The third-order valence-electron chi connectivity index (χ3n) is 4.23.